The Balaban J connectivity index is 0.00000128. The summed E-state index contributed by atoms with van der Waals surface area (Å²) in [4.78, 5) is 30.9. The summed E-state index contributed by atoms with van der Waals surface area (Å²) >= 11 is 0. The van der Waals surface area contributed by atoms with Crippen molar-refractivity contribution in [3.05, 3.63) is 32.1 Å². The van der Waals surface area contributed by atoms with Crippen LogP contribution in [0.15, 0.2) is 9.59 Å². The van der Waals surface area contributed by atoms with Crippen molar-refractivity contribution in [2.45, 2.75) is 19.9 Å². The van der Waals surface area contributed by atoms with Crippen molar-refractivity contribution in [2.24, 2.45) is 0 Å². The summed E-state index contributed by atoms with van der Waals surface area (Å²) in [6.07, 6.45) is 0.673. The summed E-state index contributed by atoms with van der Waals surface area (Å²) in [6.45, 7) is 3.28. The van der Waals surface area contributed by atoms with Gasteiger partial charge in [0.15, 0.2) is 0 Å². The zero-order valence-corrected chi connectivity index (χ0v) is 9.73. The molecule has 2 heterocycles. The normalized spacial score (nSPS) is 13.8. The van der Waals surface area contributed by atoms with Crippen molar-refractivity contribution in [1.29, 1.82) is 0 Å². The standard InChI is InChI=1S/C9H13N3O3.ClH/c1-2-15-12-8(13)6-5-10-4-3-7(6)11-9(12)14;/h10H,2-5H2,1H3,(H,11,14);1H. The van der Waals surface area contributed by atoms with Crippen LogP contribution < -0.4 is 21.4 Å². The van der Waals surface area contributed by atoms with Crippen LogP contribution in [-0.4, -0.2) is 22.9 Å². The van der Waals surface area contributed by atoms with Crippen molar-refractivity contribution >= 4 is 12.4 Å². The molecule has 0 saturated carbocycles. The lowest BCUT2D eigenvalue weighted by Gasteiger charge is -2.16. The Hall–Kier alpha value is -1.27. The van der Waals surface area contributed by atoms with E-state index in [2.05, 4.69) is 10.3 Å². The average molecular weight is 248 g/mol. The van der Waals surface area contributed by atoms with Gasteiger partial charge in [-0.1, -0.05) is 4.73 Å². The molecule has 2 rings (SSSR count). The monoisotopic (exact) mass is 247 g/mol. The third-order valence-corrected chi connectivity index (χ3v) is 2.36. The number of fused-ring (bicyclic) bond motifs is 1. The Morgan fingerprint density at radius 2 is 2.19 bits per heavy atom. The van der Waals surface area contributed by atoms with Gasteiger partial charge in [0.1, 0.15) is 6.61 Å². The molecule has 0 atom stereocenters. The Bertz CT molecular complexity index is 480. The highest BCUT2D eigenvalue weighted by molar-refractivity contribution is 5.85. The zero-order valence-electron chi connectivity index (χ0n) is 8.91. The molecule has 0 fully saturated rings. The summed E-state index contributed by atoms with van der Waals surface area (Å²) < 4.78 is 0.784. The van der Waals surface area contributed by atoms with Crippen molar-refractivity contribution < 1.29 is 4.84 Å². The first-order valence-corrected chi connectivity index (χ1v) is 4.95. The van der Waals surface area contributed by atoms with Crippen LogP contribution in [0.2, 0.25) is 0 Å². The van der Waals surface area contributed by atoms with E-state index in [4.69, 9.17) is 4.84 Å². The SMILES string of the molecule is CCOn1c(=O)[nH]c2c(c1=O)CNCC2.Cl. The minimum atomic E-state index is -0.498. The van der Waals surface area contributed by atoms with Crippen LogP contribution in [0, 0.1) is 0 Å². The molecule has 0 saturated heterocycles. The van der Waals surface area contributed by atoms with Gasteiger partial charge in [-0.05, 0) is 6.92 Å². The molecular formula is C9H14ClN3O3. The molecule has 0 spiro atoms. The van der Waals surface area contributed by atoms with Gasteiger partial charge in [0.2, 0.25) is 0 Å². The number of nitrogens with one attached hydrogen (secondary N) is 2. The molecule has 0 amide bonds. The maximum absolute atomic E-state index is 11.8. The lowest BCUT2D eigenvalue weighted by Crippen LogP contribution is -2.45. The molecule has 1 aromatic heterocycles. The third kappa shape index (κ3) is 2.12. The molecule has 90 valence electrons. The first-order valence-electron chi connectivity index (χ1n) is 4.95. The van der Waals surface area contributed by atoms with Crippen LogP contribution in [0.3, 0.4) is 0 Å². The predicted octanol–water partition coefficient (Wildman–Crippen LogP) is -0.947. The van der Waals surface area contributed by atoms with Crippen LogP contribution in [0.25, 0.3) is 0 Å². The van der Waals surface area contributed by atoms with Crippen molar-refractivity contribution in [1.82, 2.24) is 15.0 Å². The second kappa shape index (κ2) is 5.18. The van der Waals surface area contributed by atoms with E-state index in [0.29, 0.717) is 18.5 Å². The molecule has 2 N–H and O–H groups in total. The van der Waals surface area contributed by atoms with E-state index >= 15 is 0 Å². The van der Waals surface area contributed by atoms with E-state index in [0.717, 1.165) is 17.0 Å². The second-order valence-electron chi connectivity index (χ2n) is 3.33. The van der Waals surface area contributed by atoms with E-state index in [1.807, 2.05) is 0 Å². The number of hydrogen-bond acceptors (Lipinski definition) is 4. The summed E-state index contributed by atoms with van der Waals surface area (Å²) in [6, 6.07) is 0. The molecule has 16 heavy (non-hydrogen) atoms. The van der Waals surface area contributed by atoms with Crippen molar-refractivity contribution in [2.75, 3.05) is 13.2 Å². The largest absolute Gasteiger partial charge is 0.406 e. The molecule has 1 aliphatic rings. The van der Waals surface area contributed by atoms with Gasteiger partial charge in [-0.2, -0.15) is 0 Å². The quantitative estimate of drug-likeness (QED) is 0.707. The van der Waals surface area contributed by atoms with Crippen LogP contribution in [0.5, 0.6) is 0 Å². The highest BCUT2D eigenvalue weighted by Crippen LogP contribution is 2.03. The molecule has 1 aliphatic heterocycles. The molecule has 0 bridgehead atoms. The Morgan fingerprint density at radius 3 is 2.88 bits per heavy atom. The Morgan fingerprint density at radius 1 is 1.44 bits per heavy atom. The van der Waals surface area contributed by atoms with Crippen LogP contribution in [-0.2, 0) is 13.0 Å². The zero-order chi connectivity index (χ0) is 10.8. The predicted molar refractivity (Wildman–Crippen MR) is 61.1 cm³/mol. The number of halogens is 1. The molecule has 1 aromatic rings. The van der Waals surface area contributed by atoms with Gasteiger partial charge in [0.05, 0.1) is 5.56 Å². The van der Waals surface area contributed by atoms with Crippen LogP contribution in [0.1, 0.15) is 18.2 Å². The fourth-order valence-electron chi connectivity index (χ4n) is 1.67. The number of H-pyrrole nitrogens is 1. The summed E-state index contributed by atoms with van der Waals surface area (Å²) in [5, 5.41) is 3.08. The smallest absolute Gasteiger partial charge is 0.362 e. The molecule has 6 nitrogen and oxygen atoms in total. The number of hydrogen-bond donors (Lipinski definition) is 2. The van der Waals surface area contributed by atoms with Crippen molar-refractivity contribution in [3.8, 4) is 0 Å². The van der Waals surface area contributed by atoms with E-state index in [9.17, 15) is 9.59 Å². The maximum atomic E-state index is 11.8. The van der Waals surface area contributed by atoms with Gasteiger partial charge < -0.3 is 15.1 Å². The van der Waals surface area contributed by atoms with Crippen LogP contribution in [0.4, 0.5) is 0 Å². The second-order valence-corrected chi connectivity index (χ2v) is 3.33. The highest BCUT2D eigenvalue weighted by Gasteiger charge is 2.17. The van der Waals surface area contributed by atoms with Gasteiger partial charge in [-0.15, -0.1) is 12.4 Å². The lowest BCUT2D eigenvalue weighted by atomic mass is 10.1. The molecule has 0 aromatic carbocycles. The fraction of sp³-hybridized carbons (Fsp3) is 0.556. The van der Waals surface area contributed by atoms with Crippen molar-refractivity contribution in [3.63, 3.8) is 0 Å². The average Bonchev–Trinajstić information content (AvgIpc) is 2.24. The van der Waals surface area contributed by atoms with E-state index in [1.54, 1.807) is 6.92 Å². The number of aromatic amines is 1. The molecule has 0 aliphatic carbocycles. The third-order valence-electron chi connectivity index (χ3n) is 2.36. The van der Waals surface area contributed by atoms with Gasteiger partial charge in [-0.3, -0.25) is 4.79 Å². The minimum Gasteiger partial charge on any atom is -0.406 e. The summed E-state index contributed by atoms with van der Waals surface area (Å²) in [7, 11) is 0. The first kappa shape index (κ1) is 12.8. The number of aromatic nitrogens is 2. The Labute approximate surface area is 98.0 Å². The number of rotatable bonds is 2. The highest BCUT2D eigenvalue weighted by atomic mass is 35.5. The first-order chi connectivity index (χ1) is 7.24. The summed E-state index contributed by atoms with van der Waals surface area (Å²) in [5.41, 5.74) is 0.458. The topological polar surface area (TPSA) is 76.1 Å². The minimum absolute atomic E-state index is 0. The number of nitrogens with zero attached hydrogens (tertiary/aromatic N) is 1. The molecular weight excluding hydrogens is 234 g/mol. The Kier molecular flexibility index (Phi) is 4.14. The fourth-order valence-corrected chi connectivity index (χ4v) is 1.67. The lowest BCUT2D eigenvalue weighted by molar-refractivity contribution is 0.100. The van der Waals surface area contributed by atoms with Gasteiger partial charge in [-0.25, -0.2) is 4.79 Å². The van der Waals surface area contributed by atoms with Crippen LogP contribution >= 0.6 is 12.4 Å². The summed E-state index contributed by atoms with van der Waals surface area (Å²) in [5.74, 6) is 0. The molecule has 7 heteroatoms. The van der Waals surface area contributed by atoms with Gasteiger partial charge in [0.25, 0.3) is 5.56 Å². The van der Waals surface area contributed by atoms with E-state index < -0.39 is 5.69 Å². The maximum Gasteiger partial charge on any atom is 0.362 e. The van der Waals surface area contributed by atoms with Gasteiger partial charge in [0, 0.05) is 25.2 Å². The van der Waals surface area contributed by atoms with E-state index in [1.165, 1.54) is 0 Å². The molecule has 0 radical (unpaired) electrons. The molecule has 0 unspecified atom stereocenters. The van der Waals surface area contributed by atoms with Gasteiger partial charge >= 0.3 is 5.69 Å². The van der Waals surface area contributed by atoms with E-state index in [-0.39, 0.29) is 24.6 Å².